The number of aryl methyl sites for hydroxylation is 2. The molecule has 2 rings (SSSR count). The van der Waals surface area contributed by atoms with Gasteiger partial charge in [-0.15, -0.1) is 0 Å². The normalized spacial score (nSPS) is 20.4. The molecule has 0 saturated carbocycles. The second-order valence-corrected chi connectivity index (χ2v) is 7.24. The number of hydrogen-bond donors (Lipinski definition) is 0. The van der Waals surface area contributed by atoms with Crippen LogP contribution in [-0.2, 0) is 9.52 Å². The number of benzene rings is 1. The fourth-order valence-corrected chi connectivity index (χ4v) is 4.52. The van der Waals surface area contributed by atoms with Crippen LogP contribution >= 0.6 is 0 Å². The van der Waals surface area contributed by atoms with Gasteiger partial charge in [0, 0.05) is 0 Å². The zero-order chi connectivity index (χ0) is 11.9. The van der Waals surface area contributed by atoms with Gasteiger partial charge in [-0.05, 0) is 0 Å². The maximum absolute atomic E-state index is 5.88. The van der Waals surface area contributed by atoms with Gasteiger partial charge >= 0.3 is 116 Å². The third kappa shape index (κ3) is 4.62. The van der Waals surface area contributed by atoms with Crippen LogP contribution in [0.4, 0.5) is 0 Å². The molecule has 94 valence electrons. The maximum atomic E-state index is 5.88. The summed E-state index contributed by atoms with van der Waals surface area (Å²) in [6.45, 7) is 2.21. The summed E-state index contributed by atoms with van der Waals surface area (Å²) in [6.07, 6.45) is 8.51. The third-order valence-corrected chi connectivity index (χ3v) is 5.91. The summed E-state index contributed by atoms with van der Waals surface area (Å²) in [4.78, 5) is 0. The van der Waals surface area contributed by atoms with Crippen LogP contribution in [-0.4, -0.2) is 27.4 Å². The Balaban J connectivity index is 1.64. The molecular formula is C15H22OTe. The SMILES string of the molecule is Cc1ccccc1CCCCC1CCC[Te]O1. The zero-order valence-electron chi connectivity index (χ0n) is 10.7. The fourth-order valence-electron chi connectivity index (χ4n) is 2.33. The van der Waals surface area contributed by atoms with E-state index in [1.54, 1.807) is 0 Å². The quantitative estimate of drug-likeness (QED) is 0.580. The third-order valence-electron chi connectivity index (χ3n) is 3.44. The average molecular weight is 346 g/mol. The zero-order valence-corrected chi connectivity index (χ0v) is 13.0. The summed E-state index contributed by atoms with van der Waals surface area (Å²) < 4.78 is 7.28. The topological polar surface area (TPSA) is 9.23 Å². The van der Waals surface area contributed by atoms with E-state index in [4.69, 9.17) is 3.10 Å². The first-order chi connectivity index (χ1) is 8.36. The van der Waals surface area contributed by atoms with Gasteiger partial charge in [-0.2, -0.15) is 0 Å². The van der Waals surface area contributed by atoms with E-state index in [2.05, 4.69) is 31.2 Å². The van der Waals surface area contributed by atoms with Crippen LogP contribution in [0.3, 0.4) is 0 Å². The van der Waals surface area contributed by atoms with Gasteiger partial charge in [-0.1, -0.05) is 0 Å². The van der Waals surface area contributed by atoms with E-state index in [-0.39, 0.29) is 21.3 Å². The first-order valence-corrected chi connectivity index (χ1v) is 9.29. The Labute approximate surface area is 116 Å². The molecule has 0 bridgehead atoms. The van der Waals surface area contributed by atoms with Crippen molar-refractivity contribution in [2.45, 2.75) is 56.0 Å². The van der Waals surface area contributed by atoms with Gasteiger partial charge in [0.15, 0.2) is 0 Å². The summed E-state index contributed by atoms with van der Waals surface area (Å²) in [5, 5.41) is 0. The summed E-state index contributed by atoms with van der Waals surface area (Å²) in [7, 11) is 0. The second kappa shape index (κ2) is 7.41. The molecular weight excluding hydrogens is 324 g/mol. The van der Waals surface area contributed by atoms with Crippen LogP contribution in [0.1, 0.15) is 43.2 Å². The fraction of sp³-hybridized carbons (Fsp3) is 0.600. The van der Waals surface area contributed by atoms with Gasteiger partial charge in [-0.3, -0.25) is 0 Å². The van der Waals surface area contributed by atoms with Crippen LogP contribution < -0.4 is 0 Å². The van der Waals surface area contributed by atoms with Gasteiger partial charge in [0.25, 0.3) is 0 Å². The van der Waals surface area contributed by atoms with Crippen LogP contribution in [0, 0.1) is 6.92 Å². The molecule has 1 aliphatic rings. The van der Waals surface area contributed by atoms with E-state index >= 15 is 0 Å². The minimum atomic E-state index is -0.0587. The van der Waals surface area contributed by atoms with Crippen molar-refractivity contribution in [2.24, 2.45) is 0 Å². The number of rotatable bonds is 5. The Morgan fingerprint density at radius 3 is 2.94 bits per heavy atom. The van der Waals surface area contributed by atoms with Gasteiger partial charge in [0.1, 0.15) is 0 Å². The van der Waals surface area contributed by atoms with Crippen LogP contribution in [0.25, 0.3) is 0 Å². The molecule has 1 unspecified atom stereocenters. The van der Waals surface area contributed by atoms with Gasteiger partial charge in [0.2, 0.25) is 0 Å². The molecule has 0 aliphatic carbocycles. The second-order valence-electron chi connectivity index (χ2n) is 4.85. The molecule has 1 aromatic rings. The first-order valence-electron chi connectivity index (χ1n) is 6.69. The molecule has 0 aromatic heterocycles. The van der Waals surface area contributed by atoms with Crippen molar-refractivity contribution in [3.8, 4) is 0 Å². The predicted molar refractivity (Wildman–Crippen MR) is 73.4 cm³/mol. The molecule has 0 N–H and O–H groups in total. The van der Waals surface area contributed by atoms with E-state index in [1.165, 1.54) is 54.1 Å². The Morgan fingerprint density at radius 2 is 2.18 bits per heavy atom. The molecule has 1 nitrogen and oxygen atoms in total. The Hall–Kier alpha value is -0.0304. The molecule has 2 heteroatoms. The first kappa shape index (κ1) is 13.4. The van der Waals surface area contributed by atoms with E-state index in [0.29, 0.717) is 6.10 Å². The van der Waals surface area contributed by atoms with Crippen LogP contribution in [0.5, 0.6) is 0 Å². The van der Waals surface area contributed by atoms with Crippen molar-refractivity contribution in [1.82, 2.24) is 0 Å². The van der Waals surface area contributed by atoms with Crippen LogP contribution in [0.2, 0.25) is 4.47 Å². The van der Waals surface area contributed by atoms with E-state index in [0.717, 1.165) is 0 Å². The molecule has 1 saturated heterocycles. The molecule has 1 aromatic carbocycles. The molecule has 1 heterocycles. The summed E-state index contributed by atoms with van der Waals surface area (Å²) in [5.41, 5.74) is 2.96. The van der Waals surface area contributed by atoms with Crippen LogP contribution in [0.15, 0.2) is 24.3 Å². The van der Waals surface area contributed by atoms with Crippen molar-refractivity contribution >= 4 is 21.3 Å². The van der Waals surface area contributed by atoms with Gasteiger partial charge in [-0.25, -0.2) is 0 Å². The monoisotopic (exact) mass is 348 g/mol. The Bertz CT molecular complexity index is 331. The van der Waals surface area contributed by atoms with E-state index in [9.17, 15) is 0 Å². The van der Waals surface area contributed by atoms with Crippen molar-refractivity contribution in [2.75, 3.05) is 0 Å². The summed E-state index contributed by atoms with van der Waals surface area (Å²) in [6, 6.07) is 8.75. The molecule has 1 aliphatic heterocycles. The van der Waals surface area contributed by atoms with Gasteiger partial charge < -0.3 is 0 Å². The van der Waals surface area contributed by atoms with Crippen molar-refractivity contribution in [1.29, 1.82) is 0 Å². The van der Waals surface area contributed by atoms with E-state index < -0.39 is 0 Å². The Morgan fingerprint density at radius 1 is 1.29 bits per heavy atom. The summed E-state index contributed by atoms with van der Waals surface area (Å²) >= 11 is -0.0587. The minimum absolute atomic E-state index is 0.0587. The number of unbranched alkanes of at least 4 members (excludes halogenated alkanes) is 1. The van der Waals surface area contributed by atoms with E-state index in [1.807, 2.05) is 0 Å². The number of hydrogen-bond acceptors (Lipinski definition) is 1. The molecule has 0 amide bonds. The van der Waals surface area contributed by atoms with Crippen molar-refractivity contribution < 1.29 is 3.10 Å². The predicted octanol–water partition coefficient (Wildman–Crippen LogP) is 3.92. The van der Waals surface area contributed by atoms with Crippen molar-refractivity contribution in [3.63, 3.8) is 0 Å². The molecule has 0 spiro atoms. The molecule has 1 fully saturated rings. The average Bonchev–Trinajstić information content (AvgIpc) is 2.38. The van der Waals surface area contributed by atoms with Gasteiger partial charge in [0.05, 0.1) is 0 Å². The summed E-state index contributed by atoms with van der Waals surface area (Å²) in [5.74, 6) is 0. The molecule has 17 heavy (non-hydrogen) atoms. The standard InChI is InChI=1S/C15H22OTe/c1-13-7-2-3-8-14(13)9-4-5-10-15-11-6-12-17-16-15/h2-3,7-8,15H,4-6,9-12H2,1H3. The van der Waals surface area contributed by atoms with Crippen molar-refractivity contribution in [3.05, 3.63) is 35.4 Å². The molecule has 0 radical (unpaired) electrons. The Kier molecular flexibility index (Phi) is 5.85. The molecule has 1 atom stereocenters.